The lowest BCUT2D eigenvalue weighted by molar-refractivity contribution is -0.117. The van der Waals surface area contributed by atoms with Gasteiger partial charge in [0.05, 0.1) is 0 Å². The summed E-state index contributed by atoms with van der Waals surface area (Å²) in [5, 5.41) is 2.31. The molecule has 2 aromatic carbocycles. The smallest absolute Gasteiger partial charge is 0.193 e. The van der Waals surface area contributed by atoms with Gasteiger partial charge in [-0.15, -0.1) is 0 Å². The highest BCUT2D eigenvalue weighted by Crippen LogP contribution is 2.27. The fourth-order valence-electron chi connectivity index (χ4n) is 1.96. The summed E-state index contributed by atoms with van der Waals surface area (Å²) in [6, 6.07) is 14.2. The highest BCUT2D eigenvalue weighted by molar-refractivity contribution is 5.90. The minimum atomic E-state index is -0.188. The van der Waals surface area contributed by atoms with Crippen LogP contribution in [0.2, 0.25) is 0 Å². The van der Waals surface area contributed by atoms with Crippen molar-refractivity contribution in [3.05, 3.63) is 60.4 Å². The first-order valence-electron chi connectivity index (χ1n) is 5.93. The van der Waals surface area contributed by atoms with Crippen molar-refractivity contribution in [3.8, 4) is 0 Å². The van der Waals surface area contributed by atoms with Crippen LogP contribution in [0.1, 0.15) is 25.5 Å². The van der Waals surface area contributed by atoms with Gasteiger partial charge in [0.2, 0.25) is 0 Å². The summed E-state index contributed by atoms with van der Waals surface area (Å²) in [6.07, 6.45) is -0.188. The van der Waals surface area contributed by atoms with Crippen molar-refractivity contribution in [3.63, 3.8) is 0 Å². The molecule has 0 heterocycles. The van der Waals surface area contributed by atoms with Gasteiger partial charge < -0.3 is 4.74 Å². The Morgan fingerprint density at radius 2 is 1.83 bits per heavy atom. The van der Waals surface area contributed by atoms with Crippen LogP contribution in [0.4, 0.5) is 0 Å². The predicted molar refractivity (Wildman–Crippen MR) is 73.3 cm³/mol. The molecule has 0 unspecified atom stereocenters. The number of ketones is 1. The van der Waals surface area contributed by atoms with Gasteiger partial charge in [-0.1, -0.05) is 49.0 Å². The molecule has 0 radical (unpaired) electrons. The second-order valence-electron chi connectivity index (χ2n) is 4.31. The minimum Gasteiger partial charge on any atom is -0.483 e. The third-order valence-electron chi connectivity index (χ3n) is 2.97. The van der Waals surface area contributed by atoms with E-state index >= 15 is 0 Å². The van der Waals surface area contributed by atoms with Crippen LogP contribution in [0, 0.1) is 0 Å². The van der Waals surface area contributed by atoms with Gasteiger partial charge in [0.15, 0.2) is 11.5 Å². The summed E-state index contributed by atoms with van der Waals surface area (Å²) in [6.45, 7) is 7.01. The fraction of sp³-hybridized carbons (Fsp3) is 0.188. The summed E-state index contributed by atoms with van der Waals surface area (Å²) in [5.41, 5.74) is 1.07. The van der Waals surface area contributed by atoms with Gasteiger partial charge in [0.1, 0.15) is 6.10 Å². The molecule has 0 saturated heterocycles. The molecule has 2 heteroatoms. The maximum atomic E-state index is 11.1. The zero-order valence-corrected chi connectivity index (χ0v) is 10.6. The Labute approximate surface area is 107 Å². The third kappa shape index (κ3) is 2.43. The monoisotopic (exact) mass is 240 g/mol. The van der Waals surface area contributed by atoms with Gasteiger partial charge in [-0.05, 0) is 23.3 Å². The van der Waals surface area contributed by atoms with Crippen molar-refractivity contribution < 1.29 is 9.53 Å². The number of hydrogen-bond donors (Lipinski definition) is 0. The molecule has 1 atom stereocenters. The molecule has 2 nitrogen and oxygen atoms in total. The van der Waals surface area contributed by atoms with Gasteiger partial charge >= 0.3 is 0 Å². The summed E-state index contributed by atoms with van der Waals surface area (Å²) in [4.78, 5) is 11.1. The van der Waals surface area contributed by atoms with E-state index in [1.807, 2.05) is 31.2 Å². The van der Waals surface area contributed by atoms with Gasteiger partial charge in [-0.3, -0.25) is 4.79 Å². The van der Waals surface area contributed by atoms with Gasteiger partial charge in [-0.25, -0.2) is 0 Å². The van der Waals surface area contributed by atoms with E-state index in [-0.39, 0.29) is 17.6 Å². The zero-order chi connectivity index (χ0) is 13.1. The van der Waals surface area contributed by atoms with Crippen molar-refractivity contribution in [2.75, 3.05) is 0 Å². The lowest BCUT2D eigenvalue weighted by atomic mass is 10.0. The number of Topliss-reactive ketones (excluding diaryl/α,β-unsaturated/α-hetero) is 1. The summed E-state index contributed by atoms with van der Waals surface area (Å²) >= 11 is 0. The molecule has 0 spiro atoms. The Morgan fingerprint density at radius 1 is 1.17 bits per heavy atom. The van der Waals surface area contributed by atoms with Crippen LogP contribution in [0.15, 0.2) is 54.8 Å². The fourth-order valence-corrected chi connectivity index (χ4v) is 1.96. The van der Waals surface area contributed by atoms with E-state index < -0.39 is 0 Å². The van der Waals surface area contributed by atoms with Crippen molar-refractivity contribution in [2.24, 2.45) is 0 Å². The van der Waals surface area contributed by atoms with Gasteiger partial charge in [0.25, 0.3) is 0 Å². The second kappa shape index (κ2) is 5.05. The standard InChI is InChI=1S/C16H16O2/c1-11(17)12(2)18-13(3)15-10-6-8-14-7-4-5-9-16(14)15/h4-10,13H,2H2,1,3H3/t13-/m0/s1. The predicted octanol–water partition coefficient (Wildman–Crippen LogP) is 4.02. The van der Waals surface area contributed by atoms with E-state index in [1.54, 1.807) is 0 Å². The van der Waals surface area contributed by atoms with Crippen LogP contribution < -0.4 is 0 Å². The van der Waals surface area contributed by atoms with E-state index in [1.165, 1.54) is 12.3 Å². The molecule has 0 saturated carbocycles. The Bertz CT molecular complexity index is 594. The van der Waals surface area contributed by atoms with Crippen molar-refractivity contribution >= 4 is 16.6 Å². The van der Waals surface area contributed by atoms with Crippen LogP contribution in [-0.2, 0) is 9.53 Å². The van der Waals surface area contributed by atoms with Crippen LogP contribution in [0.5, 0.6) is 0 Å². The lowest BCUT2D eigenvalue weighted by Crippen LogP contribution is -2.05. The van der Waals surface area contributed by atoms with Crippen LogP contribution >= 0.6 is 0 Å². The molecule has 0 aliphatic rings. The molecule has 0 aliphatic carbocycles. The first-order valence-corrected chi connectivity index (χ1v) is 5.93. The molecule has 2 rings (SSSR count). The highest BCUT2D eigenvalue weighted by Gasteiger charge is 2.12. The Kier molecular flexibility index (Phi) is 3.47. The Morgan fingerprint density at radius 3 is 2.56 bits per heavy atom. The van der Waals surface area contributed by atoms with Gasteiger partial charge in [0, 0.05) is 6.92 Å². The zero-order valence-electron chi connectivity index (χ0n) is 10.6. The molecule has 0 fully saturated rings. The van der Waals surface area contributed by atoms with Crippen molar-refractivity contribution in [1.29, 1.82) is 0 Å². The quantitative estimate of drug-likeness (QED) is 0.596. The maximum absolute atomic E-state index is 11.1. The molecule has 18 heavy (non-hydrogen) atoms. The number of fused-ring (bicyclic) bond motifs is 1. The third-order valence-corrected chi connectivity index (χ3v) is 2.97. The van der Waals surface area contributed by atoms with E-state index in [0.29, 0.717) is 0 Å². The summed E-state index contributed by atoms with van der Waals surface area (Å²) in [5.74, 6) is 0.0671. The molecule has 0 bridgehead atoms. The number of allylic oxidation sites excluding steroid dienone is 1. The largest absolute Gasteiger partial charge is 0.483 e. The minimum absolute atomic E-state index is 0.137. The molecule has 0 aliphatic heterocycles. The second-order valence-corrected chi connectivity index (χ2v) is 4.31. The highest BCUT2D eigenvalue weighted by atomic mass is 16.5. The number of carbonyl (C=O) groups excluding carboxylic acids is 1. The number of rotatable bonds is 4. The van der Waals surface area contributed by atoms with Crippen LogP contribution in [-0.4, -0.2) is 5.78 Å². The van der Waals surface area contributed by atoms with E-state index in [0.717, 1.165) is 10.9 Å². The molecule has 0 aromatic heterocycles. The number of ether oxygens (including phenoxy) is 1. The summed E-state index contributed by atoms with van der Waals surface area (Å²) in [7, 11) is 0. The maximum Gasteiger partial charge on any atom is 0.193 e. The molecule has 92 valence electrons. The normalized spacial score (nSPS) is 12.1. The number of hydrogen-bond acceptors (Lipinski definition) is 2. The summed E-state index contributed by atoms with van der Waals surface area (Å²) < 4.78 is 5.56. The topological polar surface area (TPSA) is 26.3 Å². The molecule has 2 aromatic rings. The molecule has 0 amide bonds. The van der Waals surface area contributed by atoms with E-state index in [9.17, 15) is 4.79 Å². The van der Waals surface area contributed by atoms with Crippen molar-refractivity contribution in [2.45, 2.75) is 20.0 Å². The average Bonchev–Trinajstić information content (AvgIpc) is 2.37. The average molecular weight is 240 g/mol. The van der Waals surface area contributed by atoms with E-state index in [4.69, 9.17) is 4.74 Å². The molecular formula is C16H16O2. The molecule has 0 N–H and O–H groups in total. The van der Waals surface area contributed by atoms with Crippen LogP contribution in [0.3, 0.4) is 0 Å². The lowest BCUT2D eigenvalue weighted by Gasteiger charge is -2.17. The Balaban J connectivity index is 2.36. The van der Waals surface area contributed by atoms with E-state index in [2.05, 4.69) is 24.8 Å². The van der Waals surface area contributed by atoms with Gasteiger partial charge in [-0.2, -0.15) is 0 Å². The number of carbonyl (C=O) groups is 1. The first-order chi connectivity index (χ1) is 8.59. The number of benzene rings is 2. The first kappa shape index (κ1) is 12.4. The van der Waals surface area contributed by atoms with Crippen molar-refractivity contribution in [1.82, 2.24) is 0 Å². The Hall–Kier alpha value is -2.09. The molecular weight excluding hydrogens is 224 g/mol. The van der Waals surface area contributed by atoms with Crippen LogP contribution in [0.25, 0.3) is 10.8 Å². The SMILES string of the molecule is C=C(O[C@@H](C)c1cccc2ccccc12)C(C)=O.